The second kappa shape index (κ2) is 5.82. The van der Waals surface area contributed by atoms with Crippen LogP contribution in [0.15, 0.2) is 0 Å². The molecule has 2 N–H and O–H groups in total. The highest BCUT2D eigenvalue weighted by atomic mass is 16.2. The maximum atomic E-state index is 12.8. The Bertz CT molecular complexity index is 319. The van der Waals surface area contributed by atoms with Crippen LogP contribution in [0.2, 0.25) is 0 Å². The molecule has 1 aliphatic carbocycles. The molecule has 1 amide bonds. The van der Waals surface area contributed by atoms with Crippen LogP contribution in [0.25, 0.3) is 0 Å². The number of rotatable bonds is 3. The fourth-order valence-corrected chi connectivity index (χ4v) is 3.70. The molecule has 0 aromatic rings. The van der Waals surface area contributed by atoms with E-state index in [-0.39, 0.29) is 10.8 Å². The van der Waals surface area contributed by atoms with Crippen molar-refractivity contribution < 1.29 is 4.79 Å². The van der Waals surface area contributed by atoms with Crippen LogP contribution in [-0.4, -0.2) is 25.0 Å². The third-order valence-corrected chi connectivity index (χ3v) is 5.44. The van der Waals surface area contributed by atoms with Crippen LogP contribution in [0, 0.1) is 10.8 Å². The van der Waals surface area contributed by atoms with E-state index in [2.05, 4.69) is 31.4 Å². The number of hydrogen-bond acceptors (Lipinski definition) is 2. The van der Waals surface area contributed by atoms with Gasteiger partial charge in [0.1, 0.15) is 0 Å². The van der Waals surface area contributed by atoms with Gasteiger partial charge in [0.2, 0.25) is 5.91 Å². The van der Waals surface area contributed by atoms with Crippen LogP contribution in [0.4, 0.5) is 0 Å². The van der Waals surface area contributed by atoms with Crippen molar-refractivity contribution in [3.05, 3.63) is 0 Å². The predicted octanol–water partition coefficient (Wildman–Crippen LogP) is 2.85. The predicted molar refractivity (Wildman–Crippen MR) is 79.0 cm³/mol. The fourth-order valence-electron chi connectivity index (χ4n) is 3.70. The molecule has 1 saturated carbocycles. The molecule has 1 saturated heterocycles. The number of carbonyl (C=O) groups excluding carboxylic acids is 1. The van der Waals surface area contributed by atoms with Gasteiger partial charge in [-0.2, -0.15) is 0 Å². The summed E-state index contributed by atoms with van der Waals surface area (Å²) in [6.45, 7) is 8.66. The third kappa shape index (κ3) is 3.13. The van der Waals surface area contributed by atoms with Crippen LogP contribution in [0.3, 0.4) is 0 Å². The second-order valence-corrected chi connectivity index (χ2v) is 7.17. The highest BCUT2D eigenvalue weighted by Crippen LogP contribution is 2.37. The van der Waals surface area contributed by atoms with Crippen molar-refractivity contribution >= 4 is 5.91 Å². The highest BCUT2D eigenvalue weighted by Gasteiger charge is 2.41. The Hall–Kier alpha value is -0.570. The Kier molecular flexibility index (Phi) is 4.54. The highest BCUT2D eigenvalue weighted by molar-refractivity contribution is 5.83. The number of carbonyl (C=O) groups is 1. The van der Waals surface area contributed by atoms with Gasteiger partial charge in [-0.3, -0.25) is 4.79 Å². The van der Waals surface area contributed by atoms with Gasteiger partial charge in [0, 0.05) is 12.6 Å². The molecule has 3 nitrogen and oxygen atoms in total. The van der Waals surface area contributed by atoms with E-state index in [1.54, 1.807) is 0 Å². The number of hydrogen-bond donors (Lipinski definition) is 2. The summed E-state index contributed by atoms with van der Waals surface area (Å²) in [5, 5.41) is 6.80. The molecule has 19 heavy (non-hydrogen) atoms. The Balaban J connectivity index is 2.02. The molecule has 0 radical (unpaired) electrons. The molecular formula is C16H30N2O. The SMILES string of the molecule is CCC1(C(=O)NC2CCCCC2(C)C)CCCNC1. The zero-order valence-electron chi connectivity index (χ0n) is 12.8. The lowest BCUT2D eigenvalue weighted by Crippen LogP contribution is -2.55. The average Bonchev–Trinajstić information content (AvgIpc) is 2.41. The molecule has 0 aromatic carbocycles. The molecule has 3 heteroatoms. The van der Waals surface area contributed by atoms with Gasteiger partial charge in [-0.1, -0.05) is 33.6 Å². The lowest BCUT2D eigenvalue weighted by atomic mass is 9.72. The molecular weight excluding hydrogens is 236 g/mol. The smallest absolute Gasteiger partial charge is 0.227 e. The maximum Gasteiger partial charge on any atom is 0.227 e. The molecule has 2 atom stereocenters. The standard InChI is InChI=1S/C16H30N2O/c1-4-16(10-7-11-17-12-16)14(19)18-13-8-5-6-9-15(13,2)3/h13,17H,4-12H2,1-3H3,(H,18,19). The van der Waals surface area contributed by atoms with Crippen LogP contribution in [-0.2, 0) is 4.79 Å². The van der Waals surface area contributed by atoms with E-state index in [0.29, 0.717) is 11.9 Å². The Morgan fingerprint density at radius 3 is 2.63 bits per heavy atom. The Labute approximate surface area is 117 Å². The molecule has 1 aliphatic heterocycles. The minimum Gasteiger partial charge on any atom is -0.352 e. The van der Waals surface area contributed by atoms with Crippen LogP contribution in [0.5, 0.6) is 0 Å². The summed E-state index contributed by atoms with van der Waals surface area (Å²) in [4.78, 5) is 12.8. The van der Waals surface area contributed by atoms with Crippen molar-refractivity contribution in [2.24, 2.45) is 10.8 Å². The summed E-state index contributed by atoms with van der Waals surface area (Å²) in [6.07, 6.45) is 8.04. The van der Waals surface area contributed by atoms with Gasteiger partial charge >= 0.3 is 0 Å². The first-order valence-electron chi connectivity index (χ1n) is 8.02. The zero-order valence-corrected chi connectivity index (χ0v) is 12.8. The summed E-state index contributed by atoms with van der Waals surface area (Å²) in [5.41, 5.74) is 0.0940. The molecule has 2 aliphatic rings. The lowest BCUT2D eigenvalue weighted by molar-refractivity contribution is -0.134. The zero-order chi connectivity index (χ0) is 13.9. The van der Waals surface area contributed by atoms with Gasteiger partial charge in [0.25, 0.3) is 0 Å². The van der Waals surface area contributed by atoms with E-state index in [9.17, 15) is 4.79 Å². The quantitative estimate of drug-likeness (QED) is 0.824. The molecule has 2 unspecified atom stereocenters. The van der Waals surface area contributed by atoms with E-state index >= 15 is 0 Å². The number of amides is 1. The molecule has 0 spiro atoms. The molecule has 1 heterocycles. The van der Waals surface area contributed by atoms with E-state index in [1.807, 2.05) is 0 Å². The van der Waals surface area contributed by atoms with E-state index < -0.39 is 0 Å². The monoisotopic (exact) mass is 266 g/mol. The van der Waals surface area contributed by atoms with Gasteiger partial charge in [0.15, 0.2) is 0 Å². The summed E-state index contributed by atoms with van der Waals surface area (Å²) in [6, 6.07) is 0.360. The third-order valence-electron chi connectivity index (χ3n) is 5.44. The van der Waals surface area contributed by atoms with Crippen molar-refractivity contribution in [3.8, 4) is 0 Å². The van der Waals surface area contributed by atoms with Crippen LogP contribution >= 0.6 is 0 Å². The maximum absolute atomic E-state index is 12.8. The lowest BCUT2D eigenvalue weighted by Gasteiger charge is -2.42. The van der Waals surface area contributed by atoms with Gasteiger partial charge in [-0.15, -0.1) is 0 Å². The second-order valence-electron chi connectivity index (χ2n) is 7.17. The first-order chi connectivity index (χ1) is 9.00. The van der Waals surface area contributed by atoms with Gasteiger partial charge in [-0.05, 0) is 44.1 Å². The topological polar surface area (TPSA) is 41.1 Å². The van der Waals surface area contributed by atoms with Crippen molar-refractivity contribution in [2.75, 3.05) is 13.1 Å². The first kappa shape index (κ1) is 14.8. The van der Waals surface area contributed by atoms with Crippen molar-refractivity contribution in [1.29, 1.82) is 0 Å². The van der Waals surface area contributed by atoms with Crippen LogP contribution < -0.4 is 10.6 Å². The van der Waals surface area contributed by atoms with Crippen molar-refractivity contribution in [1.82, 2.24) is 10.6 Å². The van der Waals surface area contributed by atoms with E-state index in [1.165, 1.54) is 19.3 Å². The average molecular weight is 266 g/mol. The molecule has 110 valence electrons. The van der Waals surface area contributed by atoms with Crippen LogP contribution in [0.1, 0.15) is 65.7 Å². The minimum atomic E-state index is -0.161. The van der Waals surface area contributed by atoms with Gasteiger partial charge in [-0.25, -0.2) is 0 Å². The normalized spacial score (nSPS) is 34.8. The van der Waals surface area contributed by atoms with Crippen molar-refractivity contribution in [2.45, 2.75) is 71.8 Å². The van der Waals surface area contributed by atoms with Gasteiger partial charge < -0.3 is 10.6 Å². The molecule has 2 fully saturated rings. The fraction of sp³-hybridized carbons (Fsp3) is 0.938. The number of piperidine rings is 1. The van der Waals surface area contributed by atoms with E-state index in [4.69, 9.17) is 0 Å². The Morgan fingerprint density at radius 1 is 1.26 bits per heavy atom. The summed E-state index contributed by atoms with van der Waals surface area (Å²) < 4.78 is 0. The molecule has 0 bridgehead atoms. The first-order valence-corrected chi connectivity index (χ1v) is 8.02. The van der Waals surface area contributed by atoms with E-state index in [0.717, 1.165) is 38.8 Å². The summed E-state index contributed by atoms with van der Waals surface area (Å²) in [5.74, 6) is 0.294. The van der Waals surface area contributed by atoms with Gasteiger partial charge in [0.05, 0.1) is 5.41 Å². The molecule has 2 rings (SSSR count). The van der Waals surface area contributed by atoms with Crippen molar-refractivity contribution in [3.63, 3.8) is 0 Å². The number of nitrogens with one attached hydrogen (secondary N) is 2. The minimum absolute atomic E-state index is 0.161. The Morgan fingerprint density at radius 2 is 2.05 bits per heavy atom. The molecule has 0 aromatic heterocycles. The largest absolute Gasteiger partial charge is 0.352 e. The summed E-state index contributed by atoms with van der Waals surface area (Å²) in [7, 11) is 0. The summed E-state index contributed by atoms with van der Waals surface area (Å²) >= 11 is 0.